The average molecular weight is 814 g/mol. The second-order valence-corrected chi connectivity index (χ2v) is 2.87. The van der Waals surface area contributed by atoms with Crippen molar-refractivity contribution in [1.29, 1.82) is 0 Å². The first-order valence-electron chi connectivity index (χ1n) is 5.33. The van der Waals surface area contributed by atoms with Gasteiger partial charge in [-0.2, -0.15) is 0 Å². The standard InChI is InChI=1S/5C2H2O4.5H2O.5O.4V/c5*3-1(4)2(5)6;;;;;;;;;;;;;;/h5*(H,3,4)(H,5,6);5*1H2;;;;;;;;;/q;;;;;;;;;;5*-2;4*+5/p-10. The molecule has 34 heteroatoms. The van der Waals surface area contributed by atoms with Crippen molar-refractivity contribution < 1.29 is 228 Å². The summed E-state index contributed by atoms with van der Waals surface area (Å²) >= 11 is 0. The van der Waals surface area contributed by atoms with Crippen molar-refractivity contribution in [2.45, 2.75) is 0 Å². The number of hydrogen-bond acceptors (Lipinski definition) is 20. The predicted molar refractivity (Wildman–Crippen MR) is 71.6 cm³/mol. The number of carboxylic acid groups (broad SMARTS) is 10. The van der Waals surface area contributed by atoms with Crippen molar-refractivity contribution in [2.24, 2.45) is 0 Å². The average Bonchev–Trinajstić information content (AvgIpc) is 2.56. The zero-order valence-electron chi connectivity index (χ0n) is 19.5. The Hall–Kier alpha value is -3.36. The van der Waals surface area contributed by atoms with Crippen LogP contribution in [0.3, 0.4) is 0 Å². The second-order valence-electron chi connectivity index (χ2n) is 2.87. The van der Waals surface area contributed by atoms with E-state index in [1.54, 1.807) is 0 Å². The number of hydrogen-bond donors (Lipinski definition) is 0. The molecule has 0 rings (SSSR count). The van der Waals surface area contributed by atoms with Crippen molar-refractivity contribution in [3.63, 3.8) is 0 Å². The van der Waals surface area contributed by atoms with Gasteiger partial charge < -0.3 is 154 Å². The Labute approximate surface area is 286 Å². The first-order valence-corrected chi connectivity index (χ1v) is 5.33. The molecular weight excluding hydrogens is 804 g/mol. The molecule has 0 aliphatic rings. The summed E-state index contributed by atoms with van der Waals surface area (Å²) in [5.41, 5.74) is 0. The topological polar surface area (TPSA) is 701 Å². The van der Waals surface area contributed by atoms with Crippen LogP contribution in [-0.4, -0.2) is 87.1 Å². The SMILES string of the molecule is O.O.O.O.O.O=C([O-])C(=O)[O-].O=C([O-])C(=O)[O-].O=C([O-])C(=O)[O-].O=C([O-])C(=O)[O-].O=C([O-])C(=O)[O-].[O-2].[O-2].[O-2].[O-2].[O-2].[V+5].[V+5].[V+5].[V+5]. The van der Waals surface area contributed by atoms with Crippen LogP contribution in [0.25, 0.3) is 0 Å². The molecule has 44 heavy (non-hydrogen) atoms. The van der Waals surface area contributed by atoms with Gasteiger partial charge in [0.2, 0.25) is 0 Å². The van der Waals surface area contributed by atoms with Gasteiger partial charge in [0.1, 0.15) is 0 Å². The molecule has 0 aromatic carbocycles. The minimum atomic E-state index is -2.19. The van der Waals surface area contributed by atoms with Crippen LogP contribution in [0.4, 0.5) is 0 Å². The Kier molecular flexibility index (Phi) is 258. The Bertz CT molecular complexity index is 521. The molecule has 0 aromatic heterocycles. The molecule has 0 aliphatic heterocycles. The van der Waals surface area contributed by atoms with E-state index in [1.165, 1.54) is 0 Å². The zero-order valence-corrected chi connectivity index (χ0v) is 25.1. The summed E-state index contributed by atoms with van der Waals surface area (Å²) in [4.78, 5) is 89.3. The van der Waals surface area contributed by atoms with E-state index in [0.29, 0.717) is 0 Å². The third kappa shape index (κ3) is 198. The maximum atomic E-state index is 8.93. The summed E-state index contributed by atoms with van der Waals surface area (Å²) in [5.74, 6) is -21.9. The van der Waals surface area contributed by atoms with E-state index in [2.05, 4.69) is 0 Å². The largest absolute Gasteiger partial charge is 5.00 e. The molecule has 250 valence electrons. The molecule has 0 saturated heterocycles. The van der Waals surface area contributed by atoms with Gasteiger partial charge in [0.15, 0.2) is 0 Å². The fourth-order valence-electron chi connectivity index (χ4n) is 0. The normalized spacial score (nSPS) is 5.00. The van der Waals surface area contributed by atoms with Crippen molar-refractivity contribution in [2.75, 3.05) is 0 Å². The minimum Gasteiger partial charge on any atom is -2.00 e. The van der Waals surface area contributed by atoms with E-state index in [9.17, 15) is 0 Å². The predicted octanol–water partition coefficient (Wildman–Crippen LogP) is -22.3. The van der Waals surface area contributed by atoms with Crippen molar-refractivity contribution in [3.8, 4) is 0 Å². The molecule has 0 spiro atoms. The Balaban J connectivity index is -0.00000000967. The van der Waals surface area contributed by atoms with Crippen LogP contribution >= 0.6 is 0 Å². The van der Waals surface area contributed by atoms with Crippen molar-refractivity contribution >= 4 is 59.7 Å². The second kappa shape index (κ2) is 83.4. The molecule has 0 radical (unpaired) electrons. The van der Waals surface area contributed by atoms with E-state index in [0.717, 1.165) is 0 Å². The molecule has 0 aliphatic carbocycles. The first kappa shape index (κ1) is 136. The molecule has 0 unspecified atom stereocenters. The van der Waals surface area contributed by atoms with E-state index >= 15 is 0 Å². The number of aliphatic carboxylic acids is 10. The molecule has 30 nitrogen and oxygen atoms in total. The molecule has 0 heterocycles. The van der Waals surface area contributed by atoms with Crippen LogP contribution in [0.15, 0.2) is 0 Å². The van der Waals surface area contributed by atoms with Gasteiger partial charge in [0.25, 0.3) is 0 Å². The van der Waals surface area contributed by atoms with Crippen molar-refractivity contribution in [1.82, 2.24) is 0 Å². The number of carboxylic acids is 10. The van der Waals surface area contributed by atoms with Crippen LogP contribution in [0, 0.1) is 0 Å². The summed E-state index contributed by atoms with van der Waals surface area (Å²) in [7, 11) is 0. The molecule has 0 atom stereocenters. The Morgan fingerprint density at radius 2 is 0.227 bits per heavy atom. The van der Waals surface area contributed by atoms with Gasteiger partial charge in [-0.25, -0.2) is 0 Å². The van der Waals surface area contributed by atoms with Gasteiger partial charge in [0.05, 0.1) is 59.7 Å². The van der Waals surface area contributed by atoms with Crippen LogP contribution < -0.4 is 51.1 Å². The number of rotatable bonds is 0. The fourth-order valence-corrected chi connectivity index (χ4v) is 0. The summed E-state index contributed by atoms with van der Waals surface area (Å²) in [5, 5.41) is 89.3. The quantitative estimate of drug-likeness (QED) is 0.205. The molecule has 0 saturated carbocycles. The van der Waals surface area contributed by atoms with E-state index in [1.807, 2.05) is 0 Å². The van der Waals surface area contributed by atoms with Crippen LogP contribution in [-0.2, 0) is 150 Å². The van der Waals surface area contributed by atoms with Gasteiger partial charge in [-0.05, 0) is 0 Å². The molecule has 0 aromatic rings. The summed E-state index contributed by atoms with van der Waals surface area (Å²) in [6, 6.07) is 0. The van der Waals surface area contributed by atoms with Crippen LogP contribution in [0.1, 0.15) is 0 Å². The van der Waals surface area contributed by atoms with Crippen molar-refractivity contribution in [3.05, 3.63) is 0 Å². The molecule has 0 fully saturated rings. The Morgan fingerprint density at radius 1 is 0.205 bits per heavy atom. The molecule has 0 bridgehead atoms. The van der Waals surface area contributed by atoms with Gasteiger partial charge in [-0.15, -0.1) is 0 Å². The smallest absolute Gasteiger partial charge is 2.00 e. The zero-order chi connectivity index (χ0) is 25.8. The van der Waals surface area contributed by atoms with Gasteiger partial charge in [0, 0.05) is 0 Å². The minimum absolute atomic E-state index is 0. The molecule has 0 amide bonds. The van der Waals surface area contributed by atoms with Gasteiger partial charge in [-0.1, -0.05) is 0 Å². The fraction of sp³-hybridized carbons (Fsp3) is 0. The molecule has 10 N–H and O–H groups in total. The van der Waals surface area contributed by atoms with E-state index in [-0.39, 0.29) is 129 Å². The number of carbonyl (C=O) groups is 10. The van der Waals surface area contributed by atoms with Crippen LogP contribution in [0.2, 0.25) is 0 Å². The third-order valence-corrected chi connectivity index (χ3v) is 0.833. The van der Waals surface area contributed by atoms with Crippen LogP contribution in [0.5, 0.6) is 0 Å². The third-order valence-electron chi connectivity index (χ3n) is 0.833. The monoisotopic (exact) mass is 814 g/mol. The Morgan fingerprint density at radius 3 is 0.227 bits per heavy atom. The van der Waals surface area contributed by atoms with E-state index in [4.69, 9.17) is 99.0 Å². The first-order chi connectivity index (χ1) is 13.2. The van der Waals surface area contributed by atoms with Gasteiger partial charge >= 0.3 is 74.2 Å². The summed E-state index contributed by atoms with van der Waals surface area (Å²) in [6.07, 6.45) is 0. The van der Waals surface area contributed by atoms with E-state index < -0.39 is 59.7 Å². The molecular formula is C10H10O30V4. The maximum Gasteiger partial charge on any atom is 5.00 e. The van der Waals surface area contributed by atoms with Gasteiger partial charge in [-0.3, -0.25) is 0 Å². The maximum absolute atomic E-state index is 8.93. The summed E-state index contributed by atoms with van der Waals surface area (Å²) < 4.78 is 0. The summed E-state index contributed by atoms with van der Waals surface area (Å²) in [6.45, 7) is 0. The number of carbonyl (C=O) groups excluding carboxylic acids is 10.